The van der Waals surface area contributed by atoms with Crippen LogP contribution in [0.2, 0.25) is 0 Å². The van der Waals surface area contributed by atoms with Crippen LogP contribution >= 0.6 is 0 Å². The molecule has 0 radical (unpaired) electrons. The van der Waals surface area contributed by atoms with Crippen molar-refractivity contribution in [2.75, 3.05) is 20.3 Å². The van der Waals surface area contributed by atoms with Gasteiger partial charge in [0.25, 0.3) is 0 Å². The van der Waals surface area contributed by atoms with Gasteiger partial charge in [-0.15, -0.1) is 0 Å². The second-order valence-electron chi connectivity index (χ2n) is 8.03. The minimum atomic E-state index is -0.775. The summed E-state index contributed by atoms with van der Waals surface area (Å²) in [7, 11) is 1.50. The molecule has 120 valence electrons. The highest BCUT2D eigenvalue weighted by atomic mass is 16.5. The van der Waals surface area contributed by atoms with Gasteiger partial charge >= 0.3 is 5.97 Å². The topological polar surface area (TPSA) is 55.8 Å². The van der Waals surface area contributed by atoms with E-state index in [1.165, 1.54) is 7.11 Å². The minimum Gasteiger partial charge on any atom is -0.462 e. The van der Waals surface area contributed by atoms with Crippen LogP contribution in [0.25, 0.3) is 0 Å². The van der Waals surface area contributed by atoms with Crippen LogP contribution in [0.5, 0.6) is 0 Å². The lowest BCUT2D eigenvalue weighted by Crippen LogP contribution is -2.45. The Labute approximate surface area is 123 Å². The van der Waals surface area contributed by atoms with Gasteiger partial charge in [-0.2, -0.15) is 0 Å². The number of ether oxygens (including phenoxy) is 2. The Bertz CT molecular complexity index is 311. The zero-order valence-corrected chi connectivity index (χ0v) is 14.4. The van der Waals surface area contributed by atoms with Crippen molar-refractivity contribution in [2.45, 2.75) is 61.0 Å². The Hall–Kier alpha value is -0.610. The summed E-state index contributed by atoms with van der Waals surface area (Å²) in [6.45, 7) is 14.6. The first kappa shape index (κ1) is 19.4. The van der Waals surface area contributed by atoms with E-state index in [1.807, 2.05) is 27.7 Å². The monoisotopic (exact) mass is 288 g/mol. The van der Waals surface area contributed by atoms with E-state index in [0.717, 1.165) is 6.42 Å². The van der Waals surface area contributed by atoms with Gasteiger partial charge in [0.15, 0.2) is 0 Å². The second-order valence-corrected chi connectivity index (χ2v) is 8.03. The van der Waals surface area contributed by atoms with E-state index in [0.29, 0.717) is 0 Å². The van der Waals surface area contributed by atoms with Gasteiger partial charge < -0.3 is 14.6 Å². The summed E-state index contributed by atoms with van der Waals surface area (Å²) in [5.41, 5.74) is -0.798. The third kappa shape index (κ3) is 5.80. The smallest absolute Gasteiger partial charge is 0.312 e. The van der Waals surface area contributed by atoms with Gasteiger partial charge in [0.1, 0.15) is 12.7 Å². The number of carbonyl (C=O) groups excluding carboxylic acids is 1. The predicted octanol–water partition coefficient (Wildman–Crippen LogP) is 3.03. The molecule has 1 N–H and O–H groups in total. The number of aliphatic hydroxyl groups excluding tert-OH is 1. The lowest BCUT2D eigenvalue weighted by atomic mass is 9.61. The summed E-state index contributed by atoms with van der Waals surface area (Å²) in [5, 5.41) is 9.60. The number of carbonyl (C=O) groups is 1. The molecule has 0 amide bonds. The molecule has 2 atom stereocenters. The predicted molar refractivity (Wildman–Crippen MR) is 80.5 cm³/mol. The van der Waals surface area contributed by atoms with Crippen molar-refractivity contribution in [3.8, 4) is 0 Å². The Morgan fingerprint density at radius 3 is 1.90 bits per heavy atom. The molecule has 20 heavy (non-hydrogen) atoms. The van der Waals surface area contributed by atoms with Crippen molar-refractivity contribution < 1.29 is 19.4 Å². The number of methoxy groups -OCH3 is 1. The number of hydrogen-bond donors (Lipinski definition) is 1. The van der Waals surface area contributed by atoms with Crippen LogP contribution in [0, 0.1) is 16.2 Å². The molecule has 4 nitrogen and oxygen atoms in total. The molecule has 0 rings (SSSR count). The molecule has 0 aliphatic heterocycles. The number of aliphatic hydroxyl groups is 1. The van der Waals surface area contributed by atoms with Crippen LogP contribution in [0.1, 0.15) is 54.9 Å². The Morgan fingerprint density at radius 2 is 1.55 bits per heavy atom. The van der Waals surface area contributed by atoms with E-state index in [9.17, 15) is 9.90 Å². The maximum Gasteiger partial charge on any atom is 0.312 e. The lowest BCUT2D eigenvalue weighted by molar-refractivity contribution is -0.168. The van der Waals surface area contributed by atoms with Crippen LogP contribution in [0.4, 0.5) is 0 Å². The van der Waals surface area contributed by atoms with Crippen molar-refractivity contribution in [3.63, 3.8) is 0 Å². The van der Waals surface area contributed by atoms with E-state index >= 15 is 0 Å². The van der Waals surface area contributed by atoms with Crippen LogP contribution in [-0.4, -0.2) is 37.5 Å². The summed E-state index contributed by atoms with van der Waals surface area (Å²) in [6, 6.07) is 0. The van der Waals surface area contributed by atoms with Crippen LogP contribution < -0.4 is 0 Å². The fraction of sp³-hybridized carbons (Fsp3) is 0.938. The van der Waals surface area contributed by atoms with E-state index in [2.05, 4.69) is 20.8 Å². The summed E-state index contributed by atoms with van der Waals surface area (Å²) < 4.78 is 10.2. The molecule has 0 aromatic heterocycles. The maximum absolute atomic E-state index is 12.5. The van der Waals surface area contributed by atoms with Gasteiger partial charge in [0.05, 0.1) is 12.0 Å². The molecular formula is C16H32O4. The van der Waals surface area contributed by atoms with Crippen molar-refractivity contribution in [2.24, 2.45) is 16.2 Å². The standard InChI is InChI=1S/C16H32O4/c1-14(2,3)11-16(7,15(4,5)6)13(18)20-10-12(17)9-19-8/h12,17H,9-11H2,1-8H3. The van der Waals surface area contributed by atoms with Gasteiger partial charge in [-0.1, -0.05) is 41.5 Å². The molecule has 0 saturated carbocycles. The van der Waals surface area contributed by atoms with Crippen molar-refractivity contribution >= 4 is 5.97 Å². The van der Waals surface area contributed by atoms with Crippen LogP contribution in [0.3, 0.4) is 0 Å². The molecule has 0 aliphatic carbocycles. The van der Waals surface area contributed by atoms with Crippen LogP contribution in [-0.2, 0) is 14.3 Å². The molecule has 0 bridgehead atoms. The summed E-state index contributed by atoms with van der Waals surface area (Å²) in [6.07, 6.45) is -0.0503. The molecule has 0 fully saturated rings. The lowest BCUT2D eigenvalue weighted by Gasteiger charge is -2.43. The number of rotatable bonds is 6. The molecule has 0 spiro atoms. The third-order valence-electron chi connectivity index (χ3n) is 3.76. The Kier molecular flexibility index (Phi) is 6.69. The molecule has 0 saturated heterocycles. The molecule has 2 unspecified atom stereocenters. The summed E-state index contributed by atoms with van der Waals surface area (Å²) >= 11 is 0. The molecule has 0 aromatic rings. The largest absolute Gasteiger partial charge is 0.462 e. The first-order chi connectivity index (χ1) is 8.83. The fourth-order valence-electron chi connectivity index (χ4n) is 2.28. The first-order valence-electron chi connectivity index (χ1n) is 7.18. The highest BCUT2D eigenvalue weighted by molar-refractivity contribution is 5.77. The summed E-state index contributed by atoms with van der Waals surface area (Å²) in [5.74, 6) is -0.255. The number of hydrogen-bond acceptors (Lipinski definition) is 4. The SMILES string of the molecule is COCC(O)COC(=O)C(C)(CC(C)(C)C)C(C)(C)C. The summed E-state index contributed by atoms with van der Waals surface area (Å²) in [4.78, 5) is 12.5. The van der Waals surface area contributed by atoms with Crippen LogP contribution in [0.15, 0.2) is 0 Å². The van der Waals surface area contributed by atoms with Gasteiger partial charge in [0.2, 0.25) is 0 Å². The zero-order valence-electron chi connectivity index (χ0n) is 14.4. The Balaban J connectivity index is 4.93. The zero-order chi connectivity index (χ0) is 16.2. The quantitative estimate of drug-likeness (QED) is 0.763. The third-order valence-corrected chi connectivity index (χ3v) is 3.76. The average molecular weight is 288 g/mol. The van der Waals surface area contributed by atoms with Gasteiger partial charge in [-0.25, -0.2) is 0 Å². The molecule has 0 aromatic carbocycles. The van der Waals surface area contributed by atoms with E-state index in [-0.39, 0.29) is 30.0 Å². The first-order valence-corrected chi connectivity index (χ1v) is 7.18. The van der Waals surface area contributed by atoms with Gasteiger partial charge in [-0.05, 0) is 24.2 Å². The average Bonchev–Trinajstić information content (AvgIpc) is 2.22. The normalized spacial score (nSPS) is 17.4. The highest BCUT2D eigenvalue weighted by Gasteiger charge is 2.47. The number of esters is 1. The van der Waals surface area contributed by atoms with Crippen molar-refractivity contribution in [3.05, 3.63) is 0 Å². The Morgan fingerprint density at radius 1 is 1.05 bits per heavy atom. The molecule has 4 heteroatoms. The van der Waals surface area contributed by atoms with Gasteiger partial charge in [-0.3, -0.25) is 4.79 Å². The molecule has 0 heterocycles. The second kappa shape index (κ2) is 6.90. The van der Waals surface area contributed by atoms with Crippen molar-refractivity contribution in [1.29, 1.82) is 0 Å². The van der Waals surface area contributed by atoms with Gasteiger partial charge in [0, 0.05) is 7.11 Å². The van der Waals surface area contributed by atoms with E-state index < -0.39 is 11.5 Å². The van der Waals surface area contributed by atoms with E-state index in [1.54, 1.807) is 0 Å². The van der Waals surface area contributed by atoms with E-state index in [4.69, 9.17) is 9.47 Å². The molecular weight excluding hydrogens is 256 g/mol. The molecule has 0 aliphatic rings. The maximum atomic E-state index is 12.5. The minimum absolute atomic E-state index is 0.0200. The van der Waals surface area contributed by atoms with Crippen molar-refractivity contribution in [1.82, 2.24) is 0 Å². The highest BCUT2D eigenvalue weighted by Crippen LogP contribution is 2.47. The fourth-order valence-corrected chi connectivity index (χ4v) is 2.28.